The van der Waals surface area contributed by atoms with Crippen LogP contribution in [0.2, 0.25) is 5.02 Å². The average Bonchev–Trinajstić information content (AvgIpc) is 3.08. The summed E-state index contributed by atoms with van der Waals surface area (Å²) in [6, 6.07) is 8.41. The molecule has 2 aromatic carbocycles. The minimum absolute atomic E-state index is 0.00852. The van der Waals surface area contributed by atoms with Crippen molar-refractivity contribution in [2.45, 2.75) is 0 Å². The van der Waals surface area contributed by atoms with Crippen LogP contribution < -0.4 is 11.1 Å². The van der Waals surface area contributed by atoms with E-state index in [1.807, 2.05) is 0 Å². The topological polar surface area (TPSA) is 141 Å². The third-order valence-corrected chi connectivity index (χ3v) is 3.94. The van der Waals surface area contributed by atoms with E-state index in [0.717, 1.165) is 6.07 Å². The van der Waals surface area contributed by atoms with Gasteiger partial charge in [-0.25, -0.2) is 0 Å². The zero-order valence-electron chi connectivity index (χ0n) is 13.2. The number of halogens is 1. The van der Waals surface area contributed by atoms with Gasteiger partial charge in [-0.15, -0.1) is 0 Å². The van der Waals surface area contributed by atoms with Crippen LogP contribution in [0.1, 0.15) is 20.7 Å². The van der Waals surface area contributed by atoms with Crippen molar-refractivity contribution in [3.8, 4) is 22.8 Å². The van der Waals surface area contributed by atoms with Gasteiger partial charge in [0, 0.05) is 29.1 Å². The lowest BCUT2D eigenvalue weighted by Crippen LogP contribution is -2.13. The maximum absolute atomic E-state index is 12.5. The predicted molar refractivity (Wildman–Crippen MR) is 95.3 cm³/mol. The Morgan fingerprint density at radius 3 is 2.46 bits per heavy atom. The van der Waals surface area contributed by atoms with E-state index in [0.29, 0.717) is 11.3 Å². The van der Waals surface area contributed by atoms with Crippen LogP contribution in [-0.4, -0.2) is 32.2 Å². The van der Waals surface area contributed by atoms with Gasteiger partial charge in [-0.2, -0.15) is 5.10 Å². The first-order valence-corrected chi connectivity index (χ1v) is 7.71. The molecule has 9 heteroatoms. The lowest BCUT2D eigenvalue weighted by atomic mass is 10.1. The van der Waals surface area contributed by atoms with Gasteiger partial charge in [0.15, 0.2) is 0 Å². The molecular formula is C17H13ClN4O4. The number of benzene rings is 2. The van der Waals surface area contributed by atoms with Crippen molar-refractivity contribution in [1.82, 2.24) is 10.2 Å². The number of hydrogen-bond acceptors (Lipinski definition) is 5. The zero-order valence-corrected chi connectivity index (χ0v) is 13.9. The Balaban J connectivity index is 1.89. The number of primary amides is 1. The van der Waals surface area contributed by atoms with Crippen LogP contribution in [0.25, 0.3) is 11.3 Å². The number of phenolic OH excluding ortho intramolecular Hbond substituents is 2. The number of hydrogen-bond donors (Lipinski definition) is 5. The van der Waals surface area contributed by atoms with Crippen LogP contribution in [0.3, 0.4) is 0 Å². The highest BCUT2D eigenvalue weighted by atomic mass is 35.5. The summed E-state index contributed by atoms with van der Waals surface area (Å²) in [6.07, 6.45) is 1.36. The van der Waals surface area contributed by atoms with Crippen molar-refractivity contribution in [2.75, 3.05) is 5.32 Å². The minimum Gasteiger partial charge on any atom is -0.507 e. The van der Waals surface area contributed by atoms with Crippen molar-refractivity contribution in [3.05, 3.63) is 58.7 Å². The van der Waals surface area contributed by atoms with Crippen molar-refractivity contribution in [3.63, 3.8) is 0 Å². The van der Waals surface area contributed by atoms with Crippen molar-refractivity contribution in [1.29, 1.82) is 0 Å². The molecule has 0 aliphatic carbocycles. The third kappa shape index (κ3) is 3.31. The highest BCUT2D eigenvalue weighted by Gasteiger charge is 2.20. The maximum atomic E-state index is 12.5. The van der Waals surface area contributed by atoms with Gasteiger partial charge in [0.05, 0.1) is 10.6 Å². The number of amides is 2. The molecule has 1 aromatic heterocycles. The molecule has 3 rings (SSSR count). The number of carbonyl (C=O) groups excluding carboxylic acids is 2. The number of H-pyrrole nitrogens is 1. The van der Waals surface area contributed by atoms with Gasteiger partial charge in [0.2, 0.25) is 5.91 Å². The van der Waals surface area contributed by atoms with Crippen LogP contribution in [0.4, 0.5) is 5.69 Å². The fourth-order valence-electron chi connectivity index (χ4n) is 2.33. The molecule has 8 nitrogen and oxygen atoms in total. The second kappa shape index (κ2) is 6.77. The second-order valence-electron chi connectivity index (χ2n) is 5.36. The number of anilines is 1. The number of nitrogens with one attached hydrogen (secondary N) is 2. The standard InChI is InChI=1S/C17H13ClN4O4/c18-12-5-10(13(23)6-14(12)24)15-11(7-20-22-15)17(26)21-9-3-1-8(2-4-9)16(19)25/h1-7,23-24H,(H2,19,25)(H,20,22)(H,21,26). The normalized spacial score (nSPS) is 10.5. The summed E-state index contributed by atoms with van der Waals surface area (Å²) in [5.41, 5.74) is 6.43. The number of rotatable bonds is 4. The Morgan fingerprint density at radius 1 is 1.12 bits per heavy atom. The fraction of sp³-hybridized carbons (Fsp3) is 0. The van der Waals surface area contributed by atoms with Crippen LogP contribution in [0.5, 0.6) is 11.5 Å². The van der Waals surface area contributed by atoms with E-state index in [4.69, 9.17) is 17.3 Å². The highest BCUT2D eigenvalue weighted by molar-refractivity contribution is 6.32. The number of phenols is 2. The molecule has 0 aliphatic rings. The van der Waals surface area contributed by atoms with E-state index in [1.165, 1.54) is 36.5 Å². The Kier molecular flexibility index (Phi) is 4.51. The molecule has 0 unspecified atom stereocenters. The van der Waals surface area contributed by atoms with Gasteiger partial charge in [-0.3, -0.25) is 14.7 Å². The van der Waals surface area contributed by atoms with Gasteiger partial charge in [0.1, 0.15) is 17.2 Å². The Bertz CT molecular complexity index is 998. The third-order valence-electron chi connectivity index (χ3n) is 3.63. The van der Waals surface area contributed by atoms with Crippen LogP contribution in [0, 0.1) is 0 Å². The maximum Gasteiger partial charge on any atom is 0.259 e. The summed E-state index contributed by atoms with van der Waals surface area (Å²) in [5, 5.41) is 28.7. The number of aromatic nitrogens is 2. The number of nitrogens with zero attached hydrogens (tertiary/aromatic N) is 1. The monoisotopic (exact) mass is 372 g/mol. The number of nitrogens with two attached hydrogens (primary N) is 1. The predicted octanol–water partition coefficient (Wildman–Crippen LogP) is 2.49. The van der Waals surface area contributed by atoms with Crippen LogP contribution in [0.15, 0.2) is 42.6 Å². The molecule has 26 heavy (non-hydrogen) atoms. The van der Waals surface area contributed by atoms with Gasteiger partial charge < -0.3 is 21.3 Å². The molecule has 0 atom stereocenters. The zero-order chi connectivity index (χ0) is 18.8. The van der Waals surface area contributed by atoms with E-state index in [2.05, 4.69) is 15.5 Å². The average molecular weight is 373 g/mol. The summed E-state index contributed by atoms with van der Waals surface area (Å²) in [7, 11) is 0. The molecule has 6 N–H and O–H groups in total. The summed E-state index contributed by atoms with van der Waals surface area (Å²) >= 11 is 5.87. The molecule has 2 amide bonds. The number of aromatic amines is 1. The smallest absolute Gasteiger partial charge is 0.259 e. The lowest BCUT2D eigenvalue weighted by molar-refractivity contribution is 0.0998. The van der Waals surface area contributed by atoms with Crippen LogP contribution >= 0.6 is 11.6 Å². The van der Waals surface area contributed by atoms with E-state index in [1.54, 1.807) is 0 Å². The molecule has 0 spiro atoms. The minimum atomic E-state index is -0.570. The quantitative estimate of drug-likeness (QED) is 0.478. The molecule has 3 aromatic rings. The van der Waals surface area contributed by atoms with Crippen molar-refractivity contribution >= 4 is 29.1 Å². The van der Waals surface area contributed by atoms with Gasteiger partial charge >= 0.3 is 0 Å². The molecule has 0 aliphatic heterocycles. The molecule has 0 bridgehead atoms. The Labute approximate surface area is 152 Å². The van der Waals surface area contributed by atoms with E-state index >= 15 is 0 Å². The second-order valence-corrected chi connectivity index (χ2v) is 5.77. The molecule has 0 fully saturated rings. The van der Waals surface area contributed by atoms with Crippen molar-refractivity contribution in [2.24, 2.45) is 5.73 Å². The summed E-state index contributed by atoms with van der Waals surface area (Å²) in [5.74, 6) is -1.63. The van der Waals surface area contributed by atoms with Crippen LogP contribution in [-0.2, 0) is 0 Å². The highest BCUT2D eigenvalue weighted by Crippen LogP contribution is 2.37. The molecule has 0 saturated heterocycles. The van der Waals surface area contributed by atoms with Crippen molar-refractivity contribution < 1.29 is 19.8 Å². The molecule has 0 radical (unpaired) electrons. The first-order chi connectivity index (χ1) is 12.4. The summed E-state index contributed by atoms with van der Waals surface area (Å²) in [6.45, 7) is 0. The summed E-state index contributed by atoms with van der Waals surface area (Å²) in [4.78, 5) is 23.6. The number of carbonyl (C=O) groups is 2. The fourth-order valence-corrected chi connectivity index (χ4v) is 2.49. The SMILES string of the molecule is NC(=O)c1ccc(NC(=O)c2c[nH]nc2-c2cc(Cl)c(O)cc2O)cc1. The van der Waals surface area contributed by atoms with E-state index < -0.39 is 11.8 Å². The Hall–Kier alpha value is -3.52. The van der Waals surface area contributed by atoms with Gasteiger partial charge in [0.25, 0.3) is 5.91 Å². The van der Waals surface area contributed by atoms with E-state index in [9.17, 15) is 19.8 Å². The molecule has 0 saturated carbocycles. The molecular weight excluding hydrogens is 360 g/mol. The first-order valence-electron chi connectivity index (χ1n) is 7.33. The van der Waals surface area contributed by atoms with Gasteiger partial charge in [-0.05, 0) is 30.3 Å². The molecule has 1 heterocycles. The largest absolute Gasteiger partial charge is 0.507 e. The number of aromatic hydroxyl groups is 2. The summed E-state index contributed by atoms with van der Waals surface area (Å²) < 4.78 is 0. The van der Waals surface area contributed by atoms with E-state index in [-0.39, 0.29) is 33.3 Å². The molecule has 132 valence electrons. The lowest BCUT2D eigenvalue weighted by Gasteiger charge is -2.08. The Morgan fingerprint density at radius 2 is 1.81 bits per heavy atom. The van der Waals surface area contributed by atoms with Gasteiger partial charge in [-0.1, -0.05) is 11.6 Å². The first kappa shape index (κ1) is 17.3.